The Morgan fingerprint density at radius 2 is 2.11 bits per heavy atom. The summed E-state index contributed by atoms with van der Waals surface area (Å²) in [7, 11) is -3.61. The lowest BCUT2D eigenvalue weighted by molar-refractivity contribution is 0.0691. The van der Waals surface area contributed by atoms with Gasteiger partial charge in [0.25, 0.3) is 0 Å². The lowest BCUT2D eigenvalue weighted by Gasteiger charge is -2.08. The van der Waals surface area contributed by atoms with E-state index < -0.39 is 27.2 Å². The zero-order valence-electron chi connectivity index (χ0n) is 10.5. The van der Waals surface area contributed by atoms with Crippen molar-refractivity contribution in [2.45, 2.75) is 24.7 Å². The average Bonchev–Trinajstić information content (AvgIpc) is 2.32. The number of carboxylic acids is 1. The van der Waals surface area contributed by atoms with Gasteiger partial charge in [-0.2, -0.15) is 0 Å². The number of hydrogen-bond donors (Lipinski definition) is 1. The van der Waals surface area contributed by atoms with Crippen molar-refractivity contribution < 1.29 is 22.7 Å². The highest BCUT2D eigenvalue weighted by molar-refractivity contribution is 7.91. The second-order valence-electron chi connectivity index (χ2n) is 4.16. The summed E-state index contributed by atoms with van der Waals surface area (Å²) in [5.41, 5.74) is -0.621. The minimum atomic E-state index is -3.61. The number of aryl methyl sites for hydroxylation is 1. The van der Waals surface area contributed by atoms with Crippen LogP contribution in [0.5, 0.6) is 0 Å². The van der Waals surface area contributed by atoms with Gasteiger partial charge in [-0.3, -0.25) is 0 Å². The number of unbranched alkanes of at least 4 members (excludes halogenated alkanes) is 1. The molecule has 4 nitrogen and oxygen atoms in total. The number of allylic oxidation sites excluding steroid dienone is 1. The molecule has 0 aromatic heterocycles. The van der Waals surface area contributed by atoms with Crippen LogP contribution in [-0.2, 0) is 9.84 Å². The Morgan fingerprint density at radius 1 is 1.47 bits per heavy atom. The molecule has 0 unspecified atom stereocenters. The molecule has 0 aliphatic heterocycles. The van der Waals surface area contributed by atoms with Crippen LogP contribution in [0.2, 0.25) is 0 Å². The van der Waals surface area contributed by atoms with E-state index in [0.29, 0.717) is 12.8 Å². The van der Waals surface area contributed by atoms with Gasteiger partial charge in [-0.25, -0.2) is 17.6 Å². The molecule has 0 atom stereocenters. The number of rotatable bonds is 6. The van der Waals surface area contributed by atoms with Gasteiger partial charge in [0, 0.05) is 0 Å². The Morgan fingerprint density at radius 3 is 2.63 bits per heavy atom. The molecule has 0 heterocycles. The van der Waals surface area contributed by atoms with E-state index in [-0.39, 0.29) is 16.2 Å². The molecule has 0 spiro atoms. The number of halogens is 1. The van der Waals surface area contributed by atoms with Gasteiger partial charge in [0.05, 0.1) is 16.2 Å². The first-order valence-corrected chi connectivity index (χ1v) is 7.32. The molecule has 104 valence electrons. The number of aromatic carboxylic acids is 1. The van der Waals surface area contributed by atoms with Crippen molar-refractivity contribution in [1.29, 1.82) is 0 Å². The first-order valence-electron chi connectivity index (χ1n) is 5.66. The van der Waals surface area contributed by atoms with E-state index in [0.717, 1.165) is 12.1 Å². The number of carbonyl (C=O) groups is 1. The fourth-order valence-electron chi connectivity index (χ4n) is 1.61. The molecule has 0 aliphatic rings. The average molecular weight is 286 g/mol. The number of carboxylic acid groups (broad SMARTS) is 1. The van der Waals surface area contributed by atoms with Gasteiger partial charge in [0.1, 0.15) is 5.82 Å². The summed E-state index contributed by atoms with van der Waals surface area (Å²) in [6.07, 6.45) is 2.55. The topological polar surface area (TPSA) is 71.4 Å². The number of sulfone groups is 1. The van der Waals surface area contributed by atoms with Crippen LogP contribution < -0.4 is 0 Å². The molecule has 0 saturated heterocycles. The van der Waals surface area contributed by atoms with Crippen molar-refractivity contribution in [1.82, 2.24) is 0 Å². The molecular weight excluding hydrogens is 271 g/mol. The van der Waals surface area contributed by atoms with Gasteiger partial charge in [-0.15, -0.1) is 6.58 Å². The Kier molecular flexibility index (Phi) is 4.83. The summed E-state index contributed by atoms with van der Waals surface area (Å²) >= 11 is 0. The van der Waals surface area contributed by atoms with Crippen LogP contribution in [-0.4, -0.2) is 25.2 Å². The smallest absolute Gasteiger partial charge is 0.338 e. The van der Waals surface area contributed by atoms with Gasteiger partial charge in [-0.05, 0) is 37.5 Å². The van der Waals surface area contributed by atoms with Gasteiger partial charge < -0.3 is 5.11 Å². The summed E-state index contributed by atoms with van der Waals surface area (Å²) < 4.78 is 37.5. The molecule has 0 fully saturated rings. The van der Waals surface area contributed by atoms with Crippen LogP contribution in [0.15, 0.2) is 29.7 Å². The fraction of sp³-hybridized carbons (Fsp3) is 0.308. The summed E-state index contributed by atoms with van der Waals surface area (Å²) in [6.45, 7) is 4.83. The lowest BCUT2D eigenvalue weighted by Crippen LogP contribution is -2.10. The standard InChI is InChI=1S/C13H15FO4S/c1-3-4-5-6-19(17,18)10-7-9(2)12(14)11(8-10)13(15)16/h3,7-8H,1,4-6H2,2H3,(H,15,16). The van der Waals surface area contributed by atoms with Gasteiger partial charge in [0.15, 0.2) is 9.84 Å². The highest BCUT2D eigenvalue weighted by atomic mass is 32.2. The second kappa shape index (κ2) is 5.97. The first kappa shape index (κ1) is 15.4. The molecule has 6 heteroatoms. The first-order chi connectivity index (χ1) is 8.79. The van der Waals surface area contributed by atoms with Crippen molar-refractivity contribution in [3.63, 3.8) is 0 Å². The Balaban J connectivity index is 3.21. The number of hydrogen-bond acceptors (Lipinski definition) is 3. The van der Waals surface area contributed by atoms with Crippen molar-refractivity contribution in [2.75, 3.05) is 5.75 Å². The molecule has 19 heavy (non-hydrogen) atoms. The van der Waals surface area contributed by atoms with Gasteiger partial charge in [-0.1, -0.05) is 6.08 Å². The summed E-state index contributed by atoms with van der Waals surface area (Å²) in [5.74, 6) is -2.51. The van der Waals surface area contributed by atoms with Crippen LogP contribution in [0.3, 0.4) is 0 Å². The lowest BCUT2D eigenvalue weighted by atomic mass is 10.1. The molecule has 1 aromatic rings. The molecule has 0 bridgehead atoms. The third-order valence-corrected chi connectivity index (χ3v) is 4.42. The van der Waals surface area contributed by atoms with Gasteiger partial charge in [0.2, 0.25) is 0 Å². The van der Waals surface area contributed by atoms with Crippen LogP contribution in [0.25, 0.3) is 0 Å². The van der Waals surface area contributed by atoms with Crippen LogP contribution in [0.1, 0.15) is 28.8 Å². The molecule has 0 saturated carbocycles. The van der Waals surface area contributed by atoms with Crippen LogP contribution >= 0.6 is 0 Å². The van der Waals surface area contributed by atoms with Crippen molar-refractivity contribution >= 4 is 15.8 Å². The Hall–Kier alpha value is -1.69. The maximum Gasteiger partial charge on any atom is 0.338 e. The predicted octanol–water partition coefficient (Wildman–Crippen LogP) is 2.57. The third kappa shape index (κ3) is 3.64. The molecule has 0 amide bonds. The second-order valence-corrected chi connectivity index (χ2v) is 6.27. The molecular formula is C13H15FO4S. The third-order valence-electron chi connectivity index (χ3n) is 2.64. The summed E-state index contributed by atoms with van der Waals surface area (Å²) in [5, 5.41) is 8.85. The van der Waals surface area contributed by atoms with E-state index in [9.17, 15) is 17.6 Å². The normalized spacial score (nSPS) is 11.3. The predicted molar refractivity (Wildman–Crippen MR) is 69.6 cm³/mol. The SMILES string of the molecule is C=CCCCS(=O)(=O)c1cc(C)c(F)c(C(=O)O)c1. The Labute approximate surface area is 111 Å². The van der Waals surface area contributed by atoms with Gasteiger partial charge >= 0.3 is 5.97 Å². The largest absolute Gasteiger partial charge is 0.478 e. The van der Waals surface area contributed by atoms with Crippen molar-refractivity contribution in [3.8, 4) is 0 Å². The van der Waals surface area contributed by atoms with E-state index in [1.165, 1.54) is 6.92 Å². The highest BCUT2D eigenvalue weighted by Gasteiger charge is 2.20. The van der Waals surface area contributed by atoms with E-state index in [2.05, 4.69) is 6.58 Å². The van der Waals surface area contributed by atoms with Crippen molar-refractivity contribution in [3.05, 3.63) is 41.7 Å². The van der Waals surface area contributed by atoms with E-state index in [1.807, 2.05) is 0 Å². The fourth-order valence-corrected chi connectivity index (χ4v) is 3.04. The zero-order valence-corrected chi connectivity index (χ0v) is 11.3. The van der Waals surface area contributed by atoms with E-state index in [4.69, 9.17) is 5.11 Å². The molecule has 0 radical (unpaired) electrons. The quantitative estimate of drug-likeness (QED) is 0.495. The maximum atomic E-state index is 13.5. The molecule has 1 N–H and O–H groups in total. The summed E-state index contributed by atoms with van der Waals surface area (Å²) in [4.78, 5) is 10.7. The molecule has 1 aromatic carbocycles. The van der Waals surface area contributed by atoms with E-state index in [1.54, 1.807) is 6.08 Å². The van der Waals surface area contributed by atoms with Crippen LogP contribution in [0, 0.1) is 12.7 Å². The van der Waals surface area contributed by atoms with Crippen LogP contribution in [0.4, 0.5) is 4.39 Å². The summed E-state index contributed by atoms with van der Waals surface area (Å²) in [6, 6.07) is 2.03. The number of benzene rings is 1. The highest BCUT2D eigenvalue weighted by Crippen LogP contribution is 2.21. The minimum Gasteiger partial charge on any atom is -0.478 e. The van der Waals surface area contributed by atoms with Crippen molar-refractivity contribution in [2.24, 2.45) is 0 Å². The minimum absolute atomic E-state index is 0.00203. The molecule has 1 rings (SSSR count). The monoisotopic (exact) mass is 286 g/mol. The maximum absolute atomic E-state index is 13.5. The molecule has 0 aliphatic carbocycles. The zero-order chi connectivity index (χ0) is 14.6. The van der Waals surface area contributed by atoms with E-state index >= 15 is 0 Å². The Bertz CT molecular complexity index is 605.